The average Bonchev–Trinajstić information content (AvgIpc) is 2.87. The van der Waals surface area contributed by atoms with Gasteiger partial charge in [0.05, 0.1) is 12.2 Å². The molecular formula is C12H23NO2. The molecule has 88 valence electrons. The van der Waals surface area contributed by atoms with Gasteiger partial charge in [0.25, 0.3) is 0 Å². The van der Waals surface area contributed by atoms with E-state index in [2.05, 4.69) is 11.8 Å². The Morgan fingerprint density at radius 2 is 2.13 bits per heavy atom. The van der Waals surface area contributed by atoms with Gasteiger partial charge in [-0.05, 0) is 25.8 Å². The molecule has 2 rings (SSSR count). The van der Waals surface area contributed by atoms with E-state index in [0.717, 1.165) is 26.1 Å². The largest absolute Gasteiger partial charge is 0.395 e. The first-order chi connectivity index (χ1) is 7.32. The van der Waals surface area contributed by atoms with Crippen molar-refractivity contribution in [3.05, 3.63) is 0 Å². The number of aliphatic hydroxyl groups is 1. The minimum Gasteiger partial charge on any atom is -0.395 e. The predicted molar refractivity (Wildman–Crippen MR) is 59.9 cm³/mol. The number of hydrogen-bond donors (Lipinski definition) is 1. The van der Waals surface area contributed by atoms with E-state index in [4.69, 9.17) is 9.84 Å². The van der Waals surface area contributed by atoms with E-state index >= 15 is 0 Å². The van der Waals surface area contributed by atoms with E-state index in [1.807, 2.05) is 0 Å². The molecule has 1 saturated heterocycles. The number of ether oxygens (including phenoxy) is 1. The van der Waals surface area contributed by atoms with E-state index in [1.165, 1.54) is 25.7 Å². The highest BCUT2D eigenvalue weighted by Gasteiger charge is 2.48. The summed E-state index contributed by atoms with van der Waals surface area (Å²) >= 11 is 0. The van der Waals surface area contributed by atoms with Crippen molar-refractivity contribution in [3.63, 3.8) is 0 Å². The van der Waals surface area contributed by atoms with Gasteiger partial charge in [0.15, 0.2) is 0 Å². The van der Waals surface area contributed by atoms with Crippen LogP contribution in [0.2, 0.25) is 0 Å². The summed E-state index contributed by atoms with van der Waals surface area (Å²) in [6, 6.07) is 0.553. The van der Waals surface area contributed by atoms with E-state index < -0.39 is 0 Å². The summed E-state index contributed by atoms with van der Waals surface area (Å²) in [5.74, 6) is 0. The molecule has 1 heterocycles. The second kappa shape index (κ2) is 4.81. The second-order valence-electron chi connectivity index (χ2n) is 4.78. The summed E-state index contributed by atoms with van der Waals surface area (Å²) in [5.41, 5.74) is 0.144. The van der Waals surface area contributed by atoms with Crippen LogP contribution in [0.4, 0.5) is 0 Å². The predicted octanol–water partition coefficient (Wildman–Crippen LogP) is 1.40. The van der Waals surface area contributed by atoms with Crippen LogP contribution < -0.4 is 0 Å². The summed E-state index contributed by atoms with van der Waals surface area (Å²) in [5, 5.41) is 9.08. The Bertz CT molecular complexity index is 196. The highest BCUT2D eigenvalue weighted by Crippen LogP contribution is 2.43. The van der Waals surface area contributed by atoms with Crippen LogP contribution in [0.1, 0.15) is 39.0 Å². The molecule has 0 radical (unpaired) electrons. The van der Waals surface area contributed by atoms with Crippen LogP contribution in [0, 0.1) is 0 Å². The van der Waals surface area contributed by atoms with Crippen molar-refractivity contribution in [2.45, 2.75) is 50.7 Å². The molecular weight excluding hydrogens is 190 g/mol. The van der Waals surface area contributed by atoms with Gasteiger partial charge >= 0.3 is 0 Å². The van der Waals surface area contributed by atoms with Gasteiger partial charge in [-0.2, -0.15) is 0 Å². The van der Waals surface area contributed by atoms with Gasteiger partial charge in [0, 0.05) is 19.2 Å². The van der Waals surface area contributed by atoms with Gasteiger partial charge in [0.1, 0.15) is 0 Å². The minimum absolute atomic E-state index is 0.144. The van der Waals surface area contributed by atoms with Crippen LogP contribution in [-0.4, -0.2) is 48.0 Å². The average molecular weight is 213 g/mol. The third kappa shape index (κ3) is 2.05. The first-order valence-corrected chi connectivity index (χ1v) is 6.31. The topological polar surface area (TPSA) is 32.7 Å². The zero-order valence-electron chi connectivity index (χ0n) is 9.74. The SMILES string of the molecule is CCN(CCO)C1CCOC12CCCC2. The maximum Gasteiger partial charge on any atom is 0.0837 e. The summed E-state index contributed by atoms with van der Waals surface area (Å²) < 4.78 is 6.02. The molecule has 2 fully saturated rings. The molecule has 1 spiro atoms. The van der Waals surface area contributed by atoms with Crippen molar-refractivity contribution in [3.8, 4) is 0 Å². The van der Waals surface area contributed by atoms with Crippen LogP contribution in [0.5, 0.6) is 0 Å². The van der Waals surface area contributed by atoms with Crippen LogP contribution in [0.3, 0.4) is 0 Å². The summed E-state index contributed by atoms with van der Waals surface area (Å²) in [4.78, 5) is 2.40. The van der Waals surface area contributed by atoms with E-state index in [0.29, 0.717) is 6.04 Å². The van der Waals surface area contributed by atoms with Crippen LogP contribution in [0.15, 0.2) is 0 Å². The summed E-state index contributed by atoms with van der Waals surface area (Å²) in [6.45, 7) is 5.17. The fraction of sp³-hybridized carbons (Fsp3) is 1.00. The molecule has 0 aromatic heterocycles. The zero-order chi connectivity index (χ0) is 10.7. The maximum absolute atomic E-state index is 9.08. The summed E-state index contributed by atoms with van der Waals surface area (Å²) in [6.07, 6.45) is 6.22. The first-order valence-electron chi connectivity index (χ1n) is 6.31. The Hall–Kier alpha value is -0.120. The molecule has 1 aliphatic heterocycles. The molecule has 1 unspecified atom stereocenters. The third-order valence-corrected chi connectivity index (χ3v) is 4.07. The normalized spacial score (nSPS) is 29.4. The molecule has 0 aromatic carbocycles. The quantitative estimate of drug-likeness (QED) is 0.766. The molecule has 1 N–H and O–H groups in total. The molecule has 0 bridgehead atoms. The Labute approximate surface area is 92.4 Å². The Kier molecular flexibility index (Phi) is 3.65. The zero-order valence-corrected chi connectivity index (χ0v) is 9.74. The fourth-order valence-electron chi connectivity index (χ4n) is 3.36. The summed E-state index contributed by atoms with van der Waals surface area (Å²) in [7, 11) is 0. The smallest absolute Gasteiger partial charge is 0.0837 e. The standard InChI is InChI=1S/C12H23NO2/c1-2-13(8-9-14)11-5-10-15-12(11)6-3-4-7-12/h11,14H,2-10H2,1H3. The van der Waals surface area contributed by atoms with Crippen LogP contribution in [0.25, 0.3) is 0 Å². The number of aliphatic hydroxyl groups excluding tert-OH is 1. The van der Waals surface area contributed by atoms with Crippen molar-refractivity contribution in [1.82, 2.24) is 4.90 Å². The van der Waals surface area contributed by atoms with Gasteiger partial charge < -0.3 is 9.84 Å². The molecule has 1 atom stereocenters. The molecule has 1 saturated carbocycles. The van der Waals surface area contributed by atoms with Crippen LogP contribution >= 0.6 is 0 Å². The number of rotatable bonds is 4. The minimum atomic E-state index is 0.144. The lowest BCUT2D eigenvalue weighted by Crippen LogP contribution is -2.49. The van der Waals surface area contributed by atoms with Gasteiger partial charge in [-0.1, -0.05) is 19.8 Å². The van der Waals surface area contributed by atoms with Crippen molar-refractivity contribution < 1.29 is 9.84 Å². The Balaban J connectivity index is 2.05. The van der Waals surface area contributed by atoms with E-state index in [-0.39, 0.29) is 12.2 Å². The van der Waals surface area contributed by atoms with E-state index in [1.54, 1.807) is 0 Å². The highest BCUT2D eigenvalue weighted by atomic mass is 16.5. The lowest BCUT2D eigenvalue weighted by atomic mass is 9.91. The van der Waals surface area contributed by atoms with Gasteiger partial charge in [-0.25, -0.2) is 0 Å². The second-order valence-corrected chi connectivity index (χ2v) is 4.78. The van der Waals surface area contributed by atoms with Crippen molar-refractivity contribution in [2.24, 2.45) is 0 Å². The molecule has 2 aliphatic rings. The van der Waals surface area contributed by atoms with Crippen molar-refractivity contribution >= 4 is 0 Å². The van der Waals surface area contributed by atoms with Gasteiger partial charge in [-0.3, -0.25) is 4.90 Å². The molecule has 3 heteroatoms. The maximum atomic E-state index is 9.08. The van der Waals surface area contributed by atoms with E-state index in [9.17, 15) is 0 Å². The molecule has 0 amide bonds. The monoisotopic (exact) mass is 213 g/mol. The first kappa shape index (κ1) is 11.4. The molecule has 1 aliphatic carbocycles. The highest BCUT2D eigenvalue weighted by molar-refractivity contribution is 5.01. The van der Waals surface area contributed by atoms with Crippen molar-refractivity contribution in [2.75, 3.05) is 26.3 Å². The molecule has 0 aromatic rings. The fourth-order valence-corrected chi connectivity index (χ4v) is 3.36. The van der Waals surface area contributed by atoms with Gasteiger partial charge in [-0.15, -0.1) is 0 Å². The molecule has 15 heavy (non-hydrogen) atoms. The number of likely N-dealkylation sites (N-methyl/N-ethyl adjacent to an activating group) is 1. The lowest BCUT2D eigenvalue weighted by Gasteiger charge is -2.37. The van der Waals surface area contributed by atoms with Crippen molar-refractivity contribution in [1.29, 1.82) is 0 Å². The van der Waals surface area contributed by atoms with Crippen LogP contribution in [-0.2, 0) is 4.74 Å². The van der Waals surface area contributed by atoms with Gasteiger partial charge in [0.2, 0.25) is 0 Å². The molecule has 3 nitrogen and oxygen atoms in total. The number of nitrogens with zero attached hydrogens (tertiary/aromatic N) is 1. The lowest BCUT2D eigenvalue weighted by molar-refractivity contribution is -0.0358. The Morgan fingerprint density at radius 1 is 1.40 bits per heavy atom. The third-order valence-electron chi connectivity index (χ3n) is 4.07. The Morgan fingerprint density at radius 3 is 2.73 bits per heavy atom. The number of hydrogen-bond acceptors (Lipinski definition) is 3.